The highest BCUT2D eigenvalue weighted by Crippen LogP contribution is 2.34. The molecule has 0 saturated carbocycles. The van der Waals surface area contributed by atoms with E-state index in [2.05, 4.69) is 48.1 Å². The van der Waals surface area contributed by atoms with E-state index in [4.69, 9.17) is 12.2 Å². The van der Waals surface area contributed by atoms with Crippen LogP contribution < -0.4 is 10.6 Å². The maximum atomic E-state index is 12.8. The van der Waals surface area contributed by atoms with Crippen LogP contribution in [0.4, 0.5) is 0 Å². The summed E-state index contributed by atoms with van der Waals surface area (Å²) >= 11 is 5.48. The van der Waals surface area contributed by atoms with E-state index in [9.17, 15) is 4.79 Å². The van der Waals surface area contributed by atoms with Crippen LogP contribution in [0.5, 0.6) is 0 Å². The van der Waals surface area contributed by atoms with Gasteiger partial charge in [0.1, 0.15) is 0 Å². The van der Waals surface area contributed by atoms with Gasteiger partial charge in [0.2, 0.25) is 5.91 Å². The summed E-state index contributed by atoms with van der Waals surface area (Å²) in [5, 5.41) is 7.84. The van der Waals surface area contributed by atoms with Crippen molar-refractivity contribution in [1.82, 2.24) is 20.4 Å². The first kappa shape index (κ1) is 18.5. The van der Waals surface area contributed by atoms with E-state index in [1.807, 2.05) is 0 Å². The Morgan fingerprint density at radius 2 is 2.00 bits per heavy atom. The van der Waals surface area contributed by atoms with Gasteiger partial charge in [-0.2, -0.15) is 0 Å². The van der Waals surface area contributed by atoms with E-state index < -0.39 is 0 Å². The van der Waals surface area contributed by atoms with Crippen LogP contribution in [0.3, 0.4) is 0 Å². The number of carbonyl (C=O) groups is 1. The molecule has 1 unspecified atom stereocenters. The van der Waals surface area contributed by atoms with E-state index in [0.29, 0.717) is 5.92 Å². The van der Waals surface area contributed by atoms with Crippen LogP contribution in [0.25, 0.3) is 0 Å². The molecule has 2 heterocycles. The van der Waals surface area contributed by atoms with Crippen LogP contribution in [-0.2, 0) is 4.79 Å². The second-order valence-corrected chi connectivity index (χ2v) is 7.49. The van der Waals surface area contributed by atoms with Crippen LogP contribution in [0, 0.1) is 5.92 Å². The van der Waals surface area contributed by atoms with Crippen molar-refractivity contribution in [3.63, 3.8) is 0 Å². The largest absolute Gasteiger partial charge is 0.363 e. The molecule has 0 bridgehead atoms. The van der Waals surface area contributed by atoms with Crippen molar-refractivity contribution in [2.24, 2.45) is 5.92 Å². The Morgan fingerprint density at radius 1 is 1.35 bits per heavy atom. The Bertz CT molecular complexity index is 432. The first-order chi connectivity index (χ1) is 10.9. The molecule has 2 aliphatic heterocycles. The summed E-state index contributed by atoms with van der Waals surface area (Å²) in [6, 6.07) is -0.0433. The van der Waals surface area contributed by atoms with Gasteiger partial charge in [0.15, 0.2) is 5.11 Å². The highest BCUT2D eigenvalue weighted by molar-refractivity contribution is 7.80. The zero-order chi connectivity index (χ0) is 17.0. The molecule has 6 heteroatoms. The van der Waals surface area contributed by atoms with Crippen molar-refractivity contribution in [3.05, 3.63) is 0 Å². The lowest BCUT2D eigenvalue weighted by Gasteiger charge is -2.45. The molecule has 1 amide bonds. The Morgan fingerprint density at radius 3 is 2.52 bits per heavy atom. The number of nitrogens with one attached hydrogen (secondary N) is 2. The Balaban J connectivity index is 2.04. The molecule has 2 fully saturated rings. The number of thiocarbonyl (C=S) groups is 1. The lowest BCUT2D eigenvalue weighted by molar-refractivity contribution is -0.133. The van der Waals surface area contributed by atoms with Gasteiger partial charge in [-0.05, 0) is 31.0 Å². The summed E-state index contributed by atoms with van der Waals surface area (Å²) in [5.74, 6) is 0.605. The fraction of sp³-hybridized carbons (Fsp3) is 0.882. The summed E-state index contributed by atoms with van der Waals surface area (Å²) in [6.45, 7) is 12.1. The second-order valence-electron chi connectivity index (χ2n) is 7.11. The summed E-state index contributed by atoms with van der Waals surface area (Å²) in [5.41, 5.74) is -0.168. The molecule has 0 radical (unpaired) electrons. The van der Waals surface area contributed by atoms with E-state index in [1.165, 1.54) is 0 Å². The highest BCUT2D eigenvalue weighted by atomic mass is 32.1. The average Bonchev–Trinajstić information content (AvgIpc) is 2.80. The molecule has 132 valence electrons. The molecule has 0 aliphatic carbocycles. The standard InChI is InChI=1S/C17H32N4OS/c1-5-9-18-16(23)20-11-7-17(8-12-20)19-14(13(3)4)15(22)21(17)10-6-2/h13-14,19H,5-12H2,1-4H3,(H,18,23). The number of likely N-dealkylation sites (tertiary alicyclic amines) is 1. The molecule has 1 atom stereocenters. The van der Waals surface area contributed by atoms with Crippen LogP contribution >= 0.6 is 12.2 Å². The van der Waals surface area contributed by atoms with Crippen molar-refractivity contribution in [2.45, 2.75) is 65.1 Å². The van der Waals surface area contributed by atoms with Crippen molar-refractivity contribution in [3.8, 4) is 0 Å². The predicted molar refractivity (Wildman–Crippen MR) is 98.2 cm³/mol. The third kappa shape index (κ3) is 3.79. The number of nitrogens with zero attached hydrogens (tertiary/aromatic N) is 2. The van der Waals surface area contributed by atoms with E-state index in [1.54, 1.807) is 0 Å². The molecule has 1 spiro atoms. The molecule has 0 aromatic rings. The van der Waals surface area contributed by atoms with E-state index in [0.717, 1.165) is 57.0 Å². The second kappa shape index (κ2) is 7.79. The quantitative estimate of drug-likeness (QED) is 0.749. The van der Waals surface area contributed by atoms with Gasteiger partial charge in [0.25, 0.3) is 0 Å². The van der Waals surface area contributed by atoms with Gasteiger partial charge in [-0.15, -0.1) is 0 Å². The van der Waals surface area contributed by atoms with Crippen LogP contribution in [0.15, 0.2) is 0 Å². The number of hydrogen-bond donors (Lipinski definition) is 2. The summed E-state index contributed by atoms with van der Waals surface area (Å²) in [6.07, 6.45) is 3.96. The van der Waals surface area contributed by atoms with Crippen LogP contribution in [0.2, 0.25) is 0 Å². The SMILES string of the molecule is CCCNC(=S)N1CCC2(CC1)NC(C(C)C)C(=O)N2CCC. The molecule has 2 N–H and O–H groups in total. The van der Waals surface area contributed by atoms with Crippen molar-refractivity contribution in [2.75, 3.05) is 26.2 Å². The first-order valence-corrected chi connectivity index (χ1v) is 9.48. The lowest BCUT2D eigenvalue weighted by Crippen LogP contribution is -2.60. The monoisotopic (exact) mass is 340 g/mol. The Hall–Kier alpha value is -0.880. The van der Waals surface area contributed by atoms with Gasteiger partial charge >= 0.3 is 0 Å². The first-order valence-electron chi connectivity index (χ1n) is 9.07. The zero-order valence-corrected chi connectivity index (χ0v) is 15.8. The Kier molecular flexibility index (Phi) is 6.26. The van der Waals surface area contributed by atoms with Gasteiger partial charge in [-0.25, -0.2) is 0 Å². The zero-order valence-electron chi connectivity index (χ0n) is 15.0. The molecule has 2 saturated heterocycles. The van der Waals surface area contributed by atoms with Gasteiger partial charge in [0, 0.05) is 39.0 Å². The van der Waals surface area contributed by atoms with Gasteiger partial charge in [0.05, 0.1) is 11.7 Å². The third-order valence-electron chi connectivity index (χ3n) is 4.99. The molecular formula is C17H32N4OS. The van der Waals surface area contributed by atoms with Crippen molar-refractivity contribution < 1.29 is 4.79 Å². The molecule has 23 heavy (non-hydrogen) atoms. The lowest BCUT2D eigenvalue weighted by atomic mass is 9.95. The van der Waals surface area contributed by atoms with Crippen molar-refractivity contribution >= 4 is 23.2 Å². The topological polar surface area (TPSA) is 47.6 Å². The minimum atomic E-state index is -0.168. The van der Waals surface area contributed by atoms with Gasteiger partial charge < -0.3 is 15.1 Å². The third-order valence-corrected chi connectivity index (χ3v) is 5.39. The minimum absolute atomic E-state index is 0.0433. The molecule has 2 rings (SSSR count). The summed E-state index contributed by atoms with van der Waals surface area (Å²) in [7, 11) is 0. The summed E-state index contributed by atoms with van der Waals surface area (Å²) in [4.78, 5) is 17.1. The summed E-state index contributed by atoms with van der Waals surface area (Å²) < 4.78 is 0. The molecule has 0 aromatic heterocycles. The fourth-order valence-corrected chi connectivity index (χ4v) is 3.93. The maximum Gasteiger partial charge on any atom is 0.241 e. The van der Waals surface area contributed by atoms with E-state index in [-0.39, 0.29) is 17.6 Å². The van der Waals surface area contributed by atoms with Gasteiger partial charge in [-0.1, -0.05) is 27.7 Å². The normalized spacial score (nSPS) is 23.9. The number of rotatable bonds is 5. The number of carbonyl (C=O) groups excluding carboxylic acids is 1. The number of amides is 1. The van der Waals surface area contributed by atoms with E-state index >= 15 is 0 Å². The van der Waals surface area contributed by atoms with Crippen LogP contribution in [0.1, 0.15) is 53.4 Å². The van der Waals surface area contributed by atoms with Crippen molar-refractivity contribution in [1.29, 1.82) is 0 Å². The fourth-order valence-electron chi connectivity index (χ4n) is 3.65. The molecular weight excluding hydrogens is 308 g/mol. The molecule has 2 aliphatic rings. The predicted octanol–water partition coefficient (Wildman–Crippen LogP) is 1.93. The maximum absolute atomic E-state index is 12.8. The smallest absolute Gasteiger partial charge is 0.241 e. The van der Waals surface area contributed by atoms with Crippen LogP contribution in [-0.4, -0.2) is 58.7 Å². The average molecular weight is 341 g/mol. The molecule has 5 nitrogen and oxygen atoms in total. The number of hydrogen-bond acceptors (Lipinski definition) is 3. The minimum Gasteiger partial charge on any atom is -0.363 e. The Labute approximate surface area is 146 Å². The molecule has 0 aromatic carbocycles. The number of piperidine rings is 1. The highest BCUT2D eigenvalue weighted by Gasteiger charge is 2.51. The van der Waals surface area contributed by atoms with Gasteiger partial charge in [-0.3, -0.25) is 10.1 Å².